The molecule has 4 rings (SSSR count). The Morgan fingerprint density at radius 1 is 1.19 bits per heavy atom. The van der Waals surface area contributed by atoms with E-state index < -0.39 is 0 Å². The maximum Gasteiger partial charge on any atom is 0.255 e. The highest BCUT2D eigenvalue weighted by molar-refractivity contribution is 7.80. The lowest BCUT2D eigenvalue weighted by Gasteiger charge is -2.42. The minimum atomic E-state index is 0.0745. The lowest BCUT2D eigenvalue weighted by Crippen LogP contribution is -2.44. The second kappa shape index (κ2) is 4.51. The van der Waals surface area contributed by atoms with Crippen molar-refractivity contribution in [1.82, 2.24) is 4.90 Å². The Bertz CT molecular complexity index is 682. The van der Waals surface area contributed by atoms with E-state index >= 15 is 0 Å². The van der Waals surface area contributed by atoms with Crippen LogP contribution in [0.5, 0.6) is 0 Å². The zero-order chi connectivity index (χ0) is 14.6. The second-order valence-electron chi connectivity index (χ2n) is 6.61. The number of carbonyl (C=O) groups excluding carboxylic acids is 1. The molecule has 108 valence electrons. The predicted molar refractivity (Wildman–Crippen MR) is 88.0 cm³/mol. The molecule has 1 fully saturated rings. The first-order valence-electron chi connectivity index (χ1n) is 7.75. The van der Waals surface area contributed by atoms with Gasteiger partial charge in [0.2, 0.25) is 0 Å². The summed E-state index contributed by atoms with van der Waals surface area (Å²) in [5.74, 6) is 0.151. The molecule has 0 unspecified atom stereocenters. The summed E-state index contributed by atoms with van der Waals surface area (Å²) in [6.45, 7) is 0. The van der Waals surface area contributed by atoms with Crippen molar-refractivity contribution in [2.75, 3.05) is 7.05 Å². The Labute approximate surface area is 130 Å². The maximum absolute atomic E-state index is 12.9. The summed E-state index contributed by atoms with van der Waals surface area (Å²) in [4.78, 5) is 15.4. The largest absolute Gasteiger partial charge is 0.306 e. The molecule has 3 heteroatoms. The van der Waals surface area contributed by atoms with Crippen LogP contribution in [-0.4, -0.2) is 22.8 Å². The number of rotatable bonds is 0. The van der Waals surface area contributed by atoms with Gasteiger partial charge in [0.15, 0.2) is 0 Å². The van der Waals surface area contributed by atoms with Crippen LogP contribution in [0, 0.1) is 5.41 Å². The van der Waals surface area contributed by atoms with Crippen molar-refractivity contribution >= 4 is 28.7 Å². The fourth-order valence-corrected chi connectivity index (χ4v) is 4.67. The van der Waals surface area contributed by atoms with Crippen molar-refractivity contribution in [3.8, 4) is 0 Å². The molecule has 1 spiro atoms. The molecule has 1 aromatic carbocycles. The molecular formula is C18H19NOS. The van der Waals surface area contributed by atoms with Gasteiger partial charge in [0.05, 0.1) is 4.99 Å². The van der Waals surface area contributed by atoms with Crippen molar-refractivity contribution in [1.29, 1.82) is 0 Å². The minimum absolute atomic E-state index is 0.0745. The van der Waals surface area contributed by atoms with Gasteiger partial charge in [-0.3, -0.25) is 4.79 Å². The SMILES string of the molecule is CN1C(=O)C2=C(CC1=S)c1ccccc1CC21CCCC1. The van der Waals surface area contributed by atoms with Crippen LogP contribution in [0.3, 0.4) is 0 Å². The van der Waals surface area contributed by atoms with Crippen molar-refractivity contribution in [2.24, 2.45) is 5.41 Å². The molecule has 0 radical (unpaired) electrons. The Kier molecular flexibility index (Phi) is 2.83. The van der Waals surface area contributed by atoms with Crippen molar-refractivity contribution < 1.29 is 4.79 Å². The quantitative estimate of drug-likeness (QED) is 0.680. The van der Waals surface area contributed by atoms with Gasteiger partial charge in [0.1, 0.15) is 0 Å². The van der Waals surface area contributed by atoms with E-state index in [9.17, 15) is 4.79 Å². The van der Waals surface area contributed by atoms with E-state index in [4.69, 9.17) is 12.2 Å². The molecular weight excluding hydrogens is 278 g/mol. The Hall–Kier alpha value is -1.48. The van der Waals surface area contributed by atoms with Crippen molar-refractivity contribution in [3.63, 3.8) is 0 Å². The first-order valence-corrected chi connectivity index (χ1v) is 8.16. The summed E-state index contributed by atoms with van der Waals surface area (Å²) in [6, 6.07) is 8.57. The number of nitrogens with zero attached hydrogens (tertiary/aromatic N) is 1. The van der Waals surface area contributed by atoms with Crippen LogP contribution in [0.1, 0.15) is 43.2 Å². The lowest BCUT2D eigenvalue weighted by molar-refractivity contribution is -0.124. The molecule has 0 bridgehead atoms. The van der Waals surface area contributed by atoms with Gasteiger partial charge in [-0.05, 0) is 36.0 Å². The van der Waals surface area contributed by atoms with Crippen LogP contribution >= 0.6 is 12.2 Å². The molecule has 2 aliphatic carbocycles. The molecule has 1 amide bonds. The zero-order valence-corrected chi connectivity index (χ0v) is 13.1. The highest BCUT2D eigenvalue weighted by atomic mass is 32.1. The third kappa shape index (κ3) is 1.76. The average Bonchev–Trinajstić information content (AvgIpc) is 2.93. The molecule has 1 heterocycles. The van der Waals surface area contributed by atoms with E-state index in [1.54, 1.807) is 4.90 Å². The number of amides is 1. The Morgan fingerprint density at radius 3 is 2.67 bits per heavy atom. The molecule has 0 aromatic heterocycles. The summed E-state index contributed by atoms with van der Waals surface area (Å²) in [5.41, 5.74) is 5.03. The molecule has 0 atom stereocenters. The van der Waals surface area contributed by atoms with Gasteiger partial charge in [0, 0.05) is 24.5 Å². The lowest BCUT2D eigenvalue weighted by atomic mass is 9.64. The summed E-state index contributed by atoms with van der Waals surface area (Å²) in [7, 11) is 1.83. The van der Waals surface area contributed by atoms with E-state index in [-0.39, 0.29) is 11.3 Å². The van der Waals surface area contributed by atoms with Crippen molar-refractivity contribution in [2.45, 2.75) is 38.5 Å². The summed E-state index contributed by atoms with van der Waals surface area (Å²) < 4.78 is 0. The monoisotopic (exact) mass is 297 g/mol. The summed E-state index contributed by atoms with van der Waals surface area (Å²) in [6.07, 6.45) is 6.53. The number of hydrogen-bond acceptors (Lipinski definition) is 2. The van der Waals surface area contributed by atoms with Crippen LogP contribution < -0.4 is 0 Å². The molecule has 1 aliphatic heterocycles. The molecule has 1 saturated carbocycles. The zero-order valence-electron chi connectivity index (χ0n) is 12.3. The van der Waals surface area contributed by atoms with Gasteiger partial charge in [0.25, 0.3) is 5.91 Å². The Morgan fingerprint density at radius 2 is 1.90 bits per heavy atom. The number of carbonyl (C=O) groups is 1. The first-order chi connectivity index (χ1) is 10.1. The highest BCUT2D eigenvalue weighted by Gasteiger charge is 2.48. The summed E-state index contributed by atoms with van der Waals surface area (Å²) >= 11 is 5.44. The average molecular weight is 297 g/mol. The highest BCUT2D eigenvalue weighted by Crippen LogP contribution is 2.54. The number of likely N-dealkylation sites (N-methyl/N-ethyl adjacent to an activating group) is 1. The number of thiocarbonyl (C=S) groups is 1. The molecule has 2 nitrogen and oxygen atoms in total. The molecule has 3 aliphatic rings. The van der Waals surface area contributed by atoms with Gasteiger partial charge >= 0.3 is 0 Å². The normalized spacial score (nSPS) is 23.6. The standard InChI is InChI=1S/C18H19NOS/c1-19-15(21)10-14-13-7-3-2-6-12(13)11-18(8-4-5-9-18)16(14)17(19)20/h2-3,6-7H,4-5,8-11H2,1H3. The van der Waals surface area contributed by atoms with Gasteiger partial charge in [-0.1, -0.05) is 49.3 Å². The Balaban J connectivity index is 1.99. The third-order valence-electron chi connectivity index (χ3n) is 5.48. The first kappa shape index (κ1) is 13.2. The van der Waals surface area contributed by atoms with E-state index in [2.05, 4.69) is 24.3 Å². The number of hydrogen-bond donors (Lipinski definition) is 0. The molecule has 0 N–H and O–H groups in total. The predicted octanol–water partition coefficient (Wildman–Crippen LogP) is 3.75. The van der Waals surface area contributed by atoms with E-state index in [0.717, 1.165) is 36.2 Å². The smallest absolute Gasteiger partial charge is 0.255 e. The van der Waals surface area contributed by atoms with E-state index in [0.29, 0.717) is 0 Å². The fourth-order valence-electron chi connectivity index (χ4n) is 4.45. The maximum atomic E-state index is 12.9. The van der Waals surface area contributed by atoms with Crippen LogP contribution in [0.25, 0.3) is 5.57 Å². The van der Waals surface area contributed by atoms with Gasteiger partial charge < -0.3 is 4.90 Å². The van der Waals surface area contributed by atoms with Gasteiger partial charge in [-0.15, -0.1) is 0 Å². The summed E-state index contributed by atoms with van der Waals surface area (Å²) in [5, 5.41) is 0. The molecule has 0 saturated heterocycles. The van der Waals surface area contributed by atoms with Crippen LogP contribution in [0.15, 0.2) is 29.8 Å². The van der Waals surface area contributed by atoms with Crippen molar-refractivity contribution in [3.05, 3.63) is 41.0 Å². The number of benzene rings is 1. The van der Waals surface area contributed by atoms with Crippen LogP contribution in [0.4, 0.5) is 0 Å². The van der Waals surface area contributed by atoms with Crippen LogP contribution in [-0.2, 0) is 11.2 Å². The molecule has 1 aromatic rings. The van der Waals surface area contributed by atoms with Gasteiger partial charge in [-0.25, -0.2) is 0 Å². The van der Waals surface area contributed by atoms with E-state index in [1.807, 2.05) is 7.05 Å². The van der Waals surface area contributed by atoms with Crippen LogP contribution in [0.2, 0.25) is 0 Å². The second-order valence-corrected chi connectivity index (χ2v) is 7.08. The third-order valence-corrected chi connectivity index (χ3v) is 5.90. The molecule has 21 heavy (non-hydrogen) atoms. The van der Waals surface area contributed by atoms with E-state index in [1.165, 1.54) is 29.5 Å². The fraction of sp³-hybridized carbons (Fsp3) is 0.444. The topological polar surface area (TPSA) is 20.3 Å². The number of fused-ring (bicyclic) bond motifs is 3. The minimum Gasteiger partial charge on any atom is -0.306 e. The van der Waals surface area contributed by atoms with Gasteiger partial charge in [-0.2, -0.15) is 0 Å².